The molecule has 1 amide bonds. The Bertz CT molecular complexity index is 351. The number of piperidine rings is 1. The van der Waals surface area contributed by atoms with Crippen LogP contribution in [0.4, 0.5) is 0 Å². The summed E-state index contributed by atoms with van der Waals surface area (Å²) in [6, 6.07) is 0.491. The second-order valence-corrected chi connectivity index (χ2v) is 7.14. The summed E-state index contributed by atoms with van der Waals surface area (Å²) in [5, 5.41) is 6.71. The molecule has 2 N–H and O–H groups in total. The van der Waals surface area contributed by atoms with E-state index in [4.69, 9.17) is 0 Å². The summed E-state index contributed by atoms with van der Waals surface area (Å²) in [5.41, 5.74) is 0.493. The summed E-state index contributed by atoms with van der Waals surface area (Å²) in [7, 11) is 0. The summed E-state index contributed by atoms with van der Waals surface area (Å²) >= 11 is 0. The van der Waals surface area contributed by atoms with E-state index in [1.165, 1.54) is 44.9 Å². The first kappa shape index (κ1) is 17.0. The molecule has 1 unspecified atom stereocenters. The van der Waals surface area contributed by atoms with Crippen molar-refractivity contribution in [2.45, 2.75) is 64.0 Å². The van der Waals surface area contributed by atoms with Gasteiger partial charge in [-0.2, -0.15) is 0 Å². The number of carbonyl (C=O) groups is 1. The molecule has 0 aromatic rings. The minimum atomic E-state index is 0. The van der Waals surface area contributed by atoms with Crippen LogP contribution >= 0.6 is 12.4 Å². The van der Waals surface area contributed by atoms with Gasteiger partial charge in [0.2, 0.25) is 5.91 Å². The molecule has 1 atom stereocenters. The standard InChI is InChI=1S/C16H29N3O.ClH/c1-13(15(20)18-14-4-2-3-5-14)19-11-8-16(12-19)6-9-17-10-7-16;/h13-14,17H,2-12H2,1H3,(H,18,20);1H. The fraction of sp³-hybridized carbons (Fsp3) is 0.938. The predicted molar refractivity (Wildman–Crippen MR) is 87.8 cm³/mol. The largest absolute Gasteiger partial charge is 0.352 e. The maximum atomic E-state index is 12.4. The van der Waals surface area contributed by atoms with E-state index >= 15 is 0 Å². The van der Waals surface area contributed by atoms with Gasteiger partial charge < -0.3 is 10.6 Å². The lowest BCUT2D eigenvalue weighted by Gasteiger charge is -2.34. The summed E-state index contributed by atoms with van der Waals surface area (Å²) in [4.78, 5) is 14.8. The second-order valence-electron chi connectivity index (χ2n) is 7.14. The third-order valence-electron chi connectivity index (χ3n) is 5.76. The number of nitrogens with one attached hydrogen (secondary N) is 2. The van der Waals surface area contributed by atoms with Crippen LogP contribution in [0.25, 0.3) is 0 Å². The second kappa shape index (κ2) is 7.30. The molecule has 4 nitrogen and oxygen atoms in total. The molecule has 0 radical (unpaired) electrons. The highest BCUT2D eigenvalue weighted by molar-refractivity contribution is 5.85. The molecule has 3 fully saturated rings. The maximum Gasteiger partial charge on any atom is 0.237 e. The third kappa shape index (κ3) is 3.91. The molecule has 0 bridgehead atoms. The molecule has 21 heavy (non-hydrogen) atoms. The number of carbonyl (C=O) groups excluding carboxylic acids is 1. The first-order chi connectivity index (χ1) is 9.69. The van der Waals surface area contributed by atoms with Crippen LogP contribution in [-0.2, 0) is 4.79 Å². The van der Waals surface area contributed by atoms with E-state index in [-0.39, 0.29) is 24.4 Å². The highest BCUT2D eigenvalue weighted by Crippen LogP contribution is 2.39. The zero-order chi connectivity index (χ0) is 14.0. The van der Waals surface area contributed by atoms with E-state index in [9.17, 15) is 4.79 Å². The molecule has 1 spiro atoms. The van der Waals surface area contributed by atoms with Gasteiger partial charge >= 0.3 is 0 Å². The number of halogens is 1. The Balaban J connectivity index is 0.00000161. The maximum absolute atomic E-state index is 12.4. The molecule has 0 aromatic heterocycles. The van der Waals surface area contributed by atoms with Gasteiger partial charge in [-0.05, 0) is 64.1 Å². The van der Waals surface area contributed by atoms with Crippen molar-refractivity contribution in [3.05, 3.63) is 0 Å². The molecule has 1 aliphatic carbocycles. The van der Waals surface area contributed by atoms with Crippen molar-refractivity contribution in [1.82, 2.24) is 15.5 Å². The number of hydrogen-bond acceptors (Lipinski definition) is 3. The third-order valence-corrected chi connectivity index (χ3v) is 5.76. The zero-order valence-corrected chi connectivity index (χ0v) is 14.0. The van der Waals surface area contributed by atoms with E-state index in [0.29, 0.717) is 11.5 Å². The van der Waals surface area contributed by atoms with Crippen molar-refractivity contribution in [3.8, 4) is 0 Å². The van der Waals surface area contributed by atoms with E-state index in [0.717, 1.165) is 26.2 Å². The first-order valence-electron chi connectivity index (χ1n) is 8.44. The van der Waals surface area contributed by atoms with Crippen LogP contribution in [0.5, 0.6) is 0 Å². The van der Waals surface area contributed by atoms with Crippen LogP contribution in [0.1, 0.15) is 51.9 Å². The summed E-state index contributed by atoms with van der Waals surface area (Å²) in [6.07, 6.45) is 8.73. The van der Waals surface area contributed by atoms with Crippen molar-refractivity contribution >= 4 is 18.3 Å². The number of hydrogen-bond donors (Lipinski definition) is 2. The molecule has 2 heterocycles. The smallest absolute Gasteiger partial charge is 0.237 e. The van der Waals surface area contributed by atoms with Crippen LogP contribution in [0.3, 0.4) is 0 Å². The lowest BCUT2D eigenvalue weighted by molar-refractivity contribution is -0.126. The molecule has 3 rings (SSSR count). The number of rotatable bonds is 3. The average molecular weight is 316 g/mol. The van der Waals surface area contributed by atoms with Gasteiger partial charge in [0.1, 0.15) is 0 Å². The van der Waals surface area contributed by atoms with Crippen molar-refractivity contribution < 1.29 is 4.79 Å². The zero-order valence-electron chi connectivity index (χ0n) is 13.2. The molecule has 3 aliphatic rings. The van der Waals surface area contributed by atoms with E-state index in [2.05, 4.69) is 22.5 Å². The number of nitrogens with zero attached hydrogens (tertiary/aromatic N) is 1. The Morgan fingerprint density at radius 3 is 2.57 bits per heavy atom. The van der Waals surface area contributed by atoms with Crippen molar-refractivity contribution in [2.24, 2.45) is 5.41 Å². The van der Waals surface area contributed by atoms with Crippen molar-refractivity contribution in [3.63, 3.8) is 0 Å². The van der Waals surface area contributed by atoms with Gasteiger partial charge in [0.15, 0.2) is 0 Å². The number of likely N-dealkylation sites (tertiary alicyclic amines) is 1. The highest BCUT2D eigenvalue weighted by Gasteiger charge is 2.41. The van der Waals surface area contributed by atoms with Gasteiger partial charge in [0, 0.05) is 12.6 Å². The molecule has 5 heteroatoms. The quantitative estimate of drug-likeness (QED) is 0.836. The van der Waals surface area contributed by atoms with Crippen molar-refractivity contribution in [1.29, 1.82) is 0 Å². The number of amides is 1. The fourth-order valence-corrected chi connectivity index (χ4v) is 4.22. The Labute approximate surface area is 134 Å². The van der Waals surface area contributed by atoms with Crippen LogP contribution in [0.15, 0.2) is 0 Å². The molecule has 0 aromatic carbocycles. The Hall–Kier alpha value is -0.320. The Morgan fingerprint density at radius 1 is 1.24 bits per heavy atom. The normalized spacial score (nSPS) is 27.5. The molecule has 122 valence electrons. The van der Waals surface area contributed by atoms with Gasteiger partial charge in [0.05, 0.1) is 6.04 Å². The minimum Gasteiger partial charge on any atom is -0.352 e. The summed E-state index contributed by atoms with van der Waals surface area (Å²) < 4.78 is 0. The summed E-state index contributed by atoms with van der Waals surface area (Å²) in [6.45, 7) is 6.60. The molecular formula is C16H30ClN3O. The summed E-state index contributed by atoms with van der Waals surface area (Å²) in [5.74, 6) is 0.253. The van der Waals surface area contributed by atoms with Crippen LogP contribution in [0.2, 0.25) is 0 Å². The van der Waals surface area contributed by atoms with Crippen molar-refractivity contribution in [2.75, 3.05) is 26.2 Å². The van der Waals surface area contributed by atoms with Crippen LogP contribution < -0.4 is 10.6 Å². The van der Waals surface area contributed by atoms with Gasteiger partial charge in [-0.3, -0.25) is 9.69 Å². The topological polar surface area (TPSA) is 44.4 Å². The lowest BCUT2D eigenvalue weighted by atomic mass is 9.78. The first-order valence-corrected chi connectivity index (χ1v) is 8.44. The Kier molecular flexibility index (Phi) is 5.92. The van der Waals surface area contributed by atoms with E-state index < -0.39 is 0 Å². The van der Waals surface area contributed by atoms with E-state index in [1.54, 1.807) is 0 Å². The van der Waals surface area contributed by atoms with Gasteiger partial charge in [-0.15, -0.1) is 12.4 Å². The van der Waals surface area contributed by atoms with Crippen LogP contribution in [0, 0.1) is 5.41 Å². The van der Waals surface area contributed by atoms with Gasteiger partial charge in [-0.25, -0.2) is 0 Å². The molecule has 2 aliphatic heterocycles. The van der Waals surface area contributed by atoms with E-state index in [1.807, 2.05) is 0 Å². The van der Waals surface area contributed by atoms with Gasteiger partial charge in [0.25, 0.3) is 0 Å². The van der Waals surface area contributed by atoms with Crippen LogP contribution in [-0.4, -0.2) is 49.1 Å². The van der Waals surface area contributed by atoms with Gasteiger partial charge in [-0.1, -0.05) is 12.8 Å². The monoisotopic (exact) mass is 315 g/mol. The average Bonchev–Trinajstić information content (AvgIpc) is 3.09. The minimum absolute atomic E-state index is 0. The predicted octanol–water partition coefficient (Wildman–Crippen LogP) is 1.93. The molecular weight excluding hydrogens is 286 g/mol. The highest BCUT2D eigenvalue weighted by atomic mass is 35.5. The SMILES string of the molecule is CC(C(=O)NC1CCCC1)N1CCC2(CCNCC2)C1.Cl. The lowest BCUT2D eigenvalue weighted by Crippen LogP contribution is -2.48. The molecule has 2 saturated heterocycles. The Morgan fingerprint density at radius 2 is 1.90 bits per heavy atom. The molecule has 1 saturated carbocycles. The fourth-order valence-electron chi connectivity index (χ4n) is 4.22.